The van der Waals surface area contributed by atoms with Crippen molar-refractivity contribution in [2.75, 3.05) is 11.9 Å². The van der Waals surface area contributed by atoms with Crippen molar-refractivity contribution in [3.8, 4) is 0 Å². The monoisotopic (exact) mass is 261 g/mol. The molecule has 0 aliphatic heterocycles. The number of benzene rings is 1. The Morgan fingerprint density at radius 3 is 2.93 bits per heavy atom. The van der Waals surface area contributed by atoms with Gasteiger partial charge in [-0.05, 0) is 28.1 Å². The second-order valence-electron chi connectivity index (χ2n) is 2.67. The number of aliphatic carboxylic acids is 1. The average Bonchev–Trinajstić information content (AvgIpc) is 2.12. The number of carbonyl (C=O) groups is 1. The highest BCUT2D eigenvalue weighted by Crippen LogP contribution is 2.22. The summed E-state index contributed by atoms with van der Waals surface area (Å²) in [5.41, 5.74) is 0.306. The fourth-order valence-corrected chi connectivity index (χ4v) is 1.31. The molecule has 0 aliphatic rings. The van der Waals surface area contributed by atoms with Crippen molar-refractivity contribution in [2.24, 2.45) is 0 Å². The van der Waals surface area contributed by atoms with E-state index in [2.05, 4.69) is 21.2 Å². The van der Waals surface area contributed by atoms with E-state index in [-0.39, 0.29) is 13.0 Å². The molecule has 2 N–H and O–H groups in total. The van der Waals surface area contributed by atoms with Crippen molar-refractivity contribution >= 4 is 27.6 Å². The zero-order valence-corrected chi connectivity index (χ0v) is 8.84. The van der Waals surface area contributed by atoms with E-state index in [1.54, 1.807) is 18.2 Å². The van der Waals surface area contributed by atoms with E-state index in [0.29, 0.717) is 10.2 Å². The molecular weight excluding hydrogens is 253 g/mol. The van der Waals surface area contributed by atoms with Crippen LogP contribution in [-0.4, -0.2) is 17.6 Å². The summed E-state index contributed by atoms with van der Waals surface area (Å²) in [7, 11) is 0. The van der Waals surface area contributed by atoms with Crippen LogP contribution >= 0.6 is 15.9 Å². The van der Waals surface area contributed by atoms with Gasteiger partial charge in [0.15, 0.2) is 5.82 Å². The van der Waals surface area contributed by atoms with E-state index in [1.807, 2.05) is 0 Å². The van der Waals surface area contributed by atoms with Gasteiger partial charge >= 0.3 is 5.97 Å². The lowest BCUT2D eigenvalue weighted by Gasteiger charge is -2.06. The molecule has 0 aromatic heterocycles. The number of anilines is 1. The summed E-state index contributed by atoms with van der Waals surface area (Å²) in [4.78, 5) is 10.2. The molecule has 0 heterocycles. The maximum Gasteiger partial charge on any atom is 0.305 e. The van der Waals surface area contributed by atoms with Crippen LogP contribution in [0.1, 0.15) is 6.42 Å². The molecule has 1 rings (SSSR count). The van der Waals surface area contributed by atoms with Crippen LogP contribution in [0.4, 0.5) is 10.1 Å². The van der Waals surface area contributed by atoms with E-state index < -0.39 is 11.8 Å². The third-order valence-electron chi connectivity index (χ3n) is 1.61. The number of halogens is 2. The Hall–Kier alpha value is -1.10. The fraction of sp³-hybridized carbons (Fsp3) is 0.222. The number of carboxylic acid groups (broad SMARTS) is 1. The van der Waals surface area contributed by atoms with Gasteiger partial charge in [-0.15, -0.1) is 0 Å². The standard InChI is InChI=1S/C9H9BrFNO2/c10-6-2-1-3-7(9(6)11)12-5-4-8(13)14/h1-3,12H,4-5H2,(H,13,14). The Kier molecular flexibility index (Phi) is 3.88. The zero-order chi connectivity index (χ0) is 10.6. The summed E-state index contributed by atoms with van der Waals surface area (Å²) in [6.07, 6.45) is -0.0358. The molecule has 1 aromatic carbocycles. The highest BCUT2D eigenvalue weighted by Gasteiger charge is 2.05. The summed E-state index contributed by atoms with van der Waals surface area (Å²) >= 11 is 3.04. The van der Waals surface area contributed by atoms with Gasteiger partial charge in [0.2, 0.25) is 0 Å². The highest BCUT2D eigenvalue weighted by atomic mass is 79.9. The van der Waals surface area contributed by atoms with Gasteiger partial charge in [-0.2, -0.15) is 0 Å². The summed E-state index contributed by atoms with van der Waals surface area (Å²) in [6, 6.07) is 4.82. The number of hydrogen-bond donors (Lipinski definition) is 2. The van der Waals surface area contributed by atoms with Crippen molar-refractivity contribution in [3.63, 3.8) is 0 Å². The lowest BCUT2D eigenvalue weighted by molar-refractivity contribution is -0.136. The lowest BCUT2D eigenvalue weighted by Crippen LogP contribution is -2.08. The second-order valence-corrected chi connectivity index (χ2v) is 3.53. The van der Waals surface area contributed by atoms with Crippen molar-refractivity contribution in [2.45, 2.75) is 6.42 Å². The molecule has 0 amide bonds. The van der Waals surface area contributed by atoms with Crippen molar-refractivity contribution in [1.29, 1.82) is 0 Å². The predicted octanol–water partition coefficient (Wildman–Crippen LogP) is 2.47. The Balaban J connectivity index is 2.59. The molecule has 0 spiro atoms. The topological polar surface area (TPSA) is 49.3 Å². The van der Waals surface area contributed by atoms with Gasteiger partial charge < -0.3 is 10.4 Å². The number of rotatable bonds is 4. The molecule has 0 atom stereocenters. The molecule has 5 heteroatoms. The Bertz CT molecular complexity index is 344. The molecular formula is C9H9BrFNO2. The summed E-state index contributed by atoms with van der Waals surface area (Å²) in [5, 5.41) is 11.1. The van der Waals surface area contributed by atoms with E-state index in [1.165, 1.54) is 0 Å². The van der Waals surface area contributed by atoms with Gasteiger partial charge in [-0.1, -0.05) is 6.07 Å². The van der Waals surface area contributed by atoms with Crippen LogP contribution in [-0.2, 0) is 4.79 Å². The molecule has 0 aliphatic carbocycles. The van der Waals surface area contributed by atoms with E-state index in [4.69, 9.17) is 5.11 Å². The lowest BCUT2D eigenvalue weighted by atomic mass is 10.3. The molecule has 0 fully saturated rings. The normalized spacial score (nSPS) is 9.86. The van der Waals surface area contributed by atoms with Crippen LogP contribution in [0.3, 0.4) is 0 Å². The van der Waals surface area contributed by atoms with Crippen LogP contribution in [0.2, 0.25) is 0 Å². The molecule has 14 heavy (non-hydrogen) atoms. The average molecular weight is 262 g/mol. The second kappa shape index (κ2) is 4.95. The third-order valence-corrected chi connectivity index (χ3v) is 2.22. The first kappa shape index (κ1) is 11.0. The van der Waals surface area contributed by atoms with Gasteiger partial charge in [-0.25, -0.2) is 4.39 Å². The SMILES string of the molecule is O=C(O)CCNc1cccc(Br)c1F. The smallest absolute Gasteiger partial charge is 0.305 e. The number of nitrogens with one attached hydrogen (secondary N) is 1. The largest absolute Gasteiger partial charge is 0.481 e. The Morgan fingerprint density at radius 2 is 2.29 bits per heavy atom. The highest BCUT2D eigenvalue weighted by molar-refractivity contribution is 9.10. The van der Waals surface area contributed by atoms with Crippen LogP contribution < -0.4 is 5.32 Å². The first-order chi connectivity index (χ1) is 6.61. The minimum Gasteiger partial charge on any atom is -0.481 e. The summed E-state index contributed by atoms with van der Waals surface area (Å²) < 4.78 is 13.6. The fourth-order valence-electron chi connectivity index (χ4n) is 0.944. The van der Waals surface area contributed by atoms with Crippen LogP contribution in [0, 0.1) is 5.82 Å². The van der Waals surface area contributed by atoms with Gasteiger partial charge in [0.05, 0.1) is 16.6 Å². The van der Waals surface area contributed by atoms with Gasteiger partial charge in [0.1, 0.15) is 0 Å². The van der Waals surface area contributed by atoms with E-state index in [0.717, 1.165) is 0 Å². The van der Waals surface area contributed by atoms with Crippen LogP contribution in [0.25, 0.3) is 0 Å². The van der Waals surface area contributed by atoms with Crippen molar-refractivity contribution in [1.82, 2.24) is 0 Å². The first-order valence-electron chi connectivity index (χ1n) is 4.01. The quantitative estimate of drug-likeness (QED) is 0.876. The van der Waals surface area contributed by atoms with Gasteiger partial charge in [0.25, 0.3) is 0 Å². The van der Waals surface area contributed by atoms with Crippen molar-refractivity contribution < 1.29 is 14.3 Å². The molecule has 0 bridgehead atoms. The van der Waals surface area contributed by atoms with Crippen molar-refractivity contribution in [3.05, 3.63) is 28.5 Å². The predicted molar refractivity (Wildman–Crippen MR) is 54.8 cm³/mol. The maximum absolute atomic E-state index is 13.3. The zero-order valence-electron chi connectivity index (χ0n) is 7.26. The Labute approximate surface area is 89.1 Å². The number of hydrogen-bond acceptors (Lipinski definition) is 2. The van der Waals surface area contributed by atoms with Crippen LogP contribution in [0.5, 0.6) is 0 Å². The molecule has 0 unspecified atom stereocenters. The molecule has 0 radical (unpaired) electrons. The van der Waals surface area contributed by atoms with E-state index >= 15 is 0 Å². The molecule has 0 saturated heterocycles. The summed E-state index contributed by atoms with van der Waals surface area (Å²) in [5.74, 6) is -1.31. The van der Waals surface area contributed by atoms with Crippen LogP contribution in [0.15, 0.2) is 22.7 Å². The minimum absolute atomic E-state index is 0.0358. The first-order valence-corrected chi connectivity index (χ1v) is 4.80. The molecule has 1 aromatic rings. The van der Waals surface area contributed by atoms with Gasteiger partial charge in [-0.3, -0.25) is 4.79 Å². The third kappa shape index (κ3) is 2.99. The molecule has 0 saturated carbocycles. The minimum atomic E-state index is -0.909. The Morgan fingerprint density at radius 1 is 1.57 bits per heavy atom. The molecule has 3 nitrogen and oxygen atoms in total. The summed E-state index contributed by atoms with van der Waals surface area (Å²) in [6.45, 7) is 0.211. The maximum atomic E-state index is 13.3. The molecule has 76 valence electrons. The van der Waals surface area contributed by atoms with E-state index in [9.17, 15) is 9.18 Å². The number of carboxylic acids is 1. The van der Waals surface area contributed by atoms with Gasteiger partial charge in [0, 0.05) is 6.54 Å².